The second-order valence-corrected chi connectivity index (χ2v) is 6.38. The molecule has 0 spiro atoms. The van der Waals surface area contributed by atoms with Crippen LogP contribution in [0.5, 0.6) is 0 Å². The summed E-state index contributed by atoms with van der Waals surface area (Å²) in [5.74, 6) is 0. The number of rotatable bonds is 4. The Labute approximate surface area is 134 Å². The van der Waals surface area contributed by atoms with Crippen LogP contribution in [0.3, 0.4) is 0 Å². The van der Waals surface area contributed by atoms with Crippen LogP contribution in [-0.4, -0.2) is 27.2 Å². The van der Waals surface area contributed by atoms with Crippen LogP contribution in [0.4, 0.5) is 11.4 Å². The summed E-state index contributed by atoms with van der Waals surface area (Å²) in [7, 11) is 0. The molecule has 0 bridgehead atoms. The first-order valence-electron chi connectivity index (χ1n) is 8.00. The minimum atomic E-state index is -0.692. The molecule has 0 saturated heterocycles. The lowest BCUT2D eigenvalue weighted by molar-refractivity contribution is -0.383. The molecule has 6 heteroatoms. The largest absolute Gasteiger partial charge is 0.388 e. The number of benzene rings is 1. The number of pyridine rings is 1. The number of anilines is 1. The third kappa shape index (κ3) is 3.27. The average Bonchev–Trinajstić information content (AvgIpc) is 2.52. The molecule has 23 heavy (non-hydrogen) atoms. The summed E-state index contributed by atoms with van der Waals surface area (Å²) in [5, 5.41) is 25.8. The van der Waals surface area contributed by atoms with E-state index in [0.29, 0.717) is 23.1 Å². The summed E-state index contributed by atoms with van der Waals surface area (Å²) in [6, 6.07) is 6.82. The van der Waals surface area contributed by atoms with Crippen molar-refractivity contribution < 1.29 is 10.0 Å². The number of aliphatic hydroxyl groups is 1. The van der Waals surface area contributed by atoms with Crippen molar-refractivity contribution in [1.29, 1.82) is 0 Å². The van der Waals surface area contributed by atoms with E-state index in [1.54, 1.807) is 6.07 Å². The molecule has 2 N–H and O–H groups in total. The average molecular weight is 315 g/mol. The first-order valence-corrected chi connectivity index (χ1v) is 8.00. The van der Waals surface area contributed by atoms with Crippen molar-refractivity contribution in [3.8, 4) is 0 Å². The Kier molecular flexibility index (Phi) is 4.17. The minimum Gasteiger partial charge on any atom is -0.388 e. The predicted octanol–water partition coefficient (Wildman–Crippen LogP) is 3.56. The summed E-state index contributed by atoms with van der Waals surface area (Å²) in [5.41, 5.74) is 1.20. The maximum atomic E-state index is 11.2. The van der Waals surface area contributed by atoms with E-state index >= 15 is 0 Å². The second-order valence-electron chi connectivity index (χ2n) is 6.38. The van der Waals surface area contributed by atoms with Crippen molar-refractivity contribution >= 4 is 22.3 Å². The first-order chi connectivity index (χ1) is 11.0. The van der Waals surface area contributed by atoms with Crippen LogP contribution in [0.15, 0.2) is 24.3 Å². The van der Waals surface area contributed by atoms with Crippen molar-refractivity contribution in [2.45, 2.75) is 44.6 Å². The summed E-state index contributed by atoms with van der Waals surface area (Å²) >= 11 is 0. The summed E-state index contributed by atoms with van der Waals surface area (Å²) in [6.45, 7) is 2.27. The van der Waals surface area contributed by atoms with Crippen molar-refractivity contribution in [3.05, 3.63) is 40.1 Å². The molecule has 1 aromatic carbocycles. The SMILES string of the molecule is Cc1cc(NCC2(O)CCCCC2)c2cccc([N+](=O)[O-])c2n1. The second kappa shape index (κ2) is 6.12. The lowest BCUT2D eigenvalue weighted by Gasteiger charge is -2.32. The van der Waals surface area contributed by atoms with Crippen molar-refractivity contribution in [2.75, 3.05) is 11.9 Å². The predicted molar refractivity (Wildman–Crippen MR) is 89.7 cm³/mol. The highest BCUT2D eigenvalue weighted by molar-refractivity contribution is 5.96. The molecular formula is C17H21N3O3. The van der Waals surface area contributed by atoms with Gasteiger partial charge in [0.2, 0.25) is 0 Å². The maximum Gasteiger partial charge on any atom is 0.295 e. The van der Waals surface area contributed by atoms with Crippen LogP contribution >= 0.6 is 0 Å². The number of hydrogen-bond donors (Lipinski definition) is 2. The highest BCUT2D eigenvalue weighted by Crippen LogP contribution is 2.32. The van der Waals surface area contributed by atoms with Gasteiger partial charge in [-0.2, -0.15) is 0 Å². The number of nitro groups is 1. The van der Waals surface area contributed by atoms with Crippen LogP contribution in [0.2, 0.25) is 0 Å². The third-order valence-electron chi connectivity index (χ3n) is 4.54. The normalized spacial score (nSPS) is 17.1. The molecule has 1 aliphatic rings. The molecule has 0 unspecified atom stereocenters. The Hall–Kier alpha value is -2.21. The van der Waals surface area contributed by atoms with Gasteiger partial charge < -0.3 is 10.4 Å². The molecule has 0 radical (unpaired) electrons. The van der Waals surface area contributed by atoms with Crippen LogP contribution in [-0.2, 0) is 0 Å². The summed E-state index contributed by atoms with van der Waals surface area (Å²) in [6.07, 6.45) is 4.84. The monoisotopic (exact) mass is 315 g/mol. The van der Waals surface area contributed by atoms with Crippen molar-refractivity contribution in [3.63, 3.8) is 0 Å². The van der Waals surface area contributed by atoms with Gasteiger partial charge in [-0.05, 0) is 25.8 Å². The number of aromatic nitrogens is 1. The van der Waals surface area contributed by atoms with Gasteiger partial charge in [0.15, 0.2) is 5.52 Å². The zero-order valence-electron chi connectivity index (χ0n) is 13.2. The van der Waals surface area contributed by atoms with Gasteiger partial charge in [0.05, 0.1) is 10.5 Å². The van der Waals surface area contributed by atoms with Crippen molar-refractivity contribution in [1.82, 2.24) is 4.98 Å². The molecule has 0 atom stereocenters. The number of aryl methyl sites for hydroxylation is 1. The number of hydrogen-bond acceptors (Lipinski definition) is 5. The molecule has 2 aromatic rings. The molecule has 3 rings (SSSR count). The van der Waals surface area contributed by atoms with E-state index < -0.39 is 10.5 Å². The Morgan fingerprint density at radius 3 is 2.78 bits per heavy atom. The topological polar surface area (TPSA) is 88.3 Å². The molecule has 122 valence electrons. The van der Waals surface area contributed by atoms with E-state index in [9.17, 15) is 15.2 Å². The van der Waals surface area contributed by atoms with Gasteiger partial charge in [-0.1, -0.05) is 31.4 Å². The standard InChI is InChI=1S/C17H21N3O3/c1-12-10-14(18-11-17(21)8-3-2-4-9-17)13-6-5-7-15(20(22)23)16(13)19-12/h5-7,10,21H,2-4,8-9,11H2,1H3,(H,18,19). The fraction of sp³-hybridized carbons (Fsp3) is 0.471. The molecular weight excluding hydrogens is 294 g/mol. The molecule has 6 nitrogen and oxygen atoms in total. The van der Waals surface area contributed by atoms with Crippen molar-refractivity contribution in [2.24, 2.45) is 0 Å². The fourth-order valence-corrected chi connectivity index (χ4v) is 3.30. The molecule has 1 saturated carbocycles. The highest BCUT2D eigenvalue weighted by atomic mass is 16.6. The maximum absolute atomic E-state index is 11.2. The molecule has 0 amide bonds. The number of nitrogens with one attached hydrogen (secondary N) is 1. The lowest BCUT2D eigenvalue weighted by Crippen LogP contribution is -2.38. The number of nitrogens with zero attached hydrogens (tertiary/aromatic N) is 2. The van der Waals surface area contributed by atoms with E-state index in [1.807, 2.05) is 19.1 Å². The van der Waals surface area contributed by atoms with Gasteiger partial charge >= 0.3 is 0 Å². The molecule has 1 fully saturated rings. The Morgan fingerprint density at radius 1 is 1.35 bits per heavy atom. The van der Waals surface area contributed by atoms with Gasteiger partial charge in [-0.3, -0.25) is 10.1 Å². The van der Waals surface area contributed by atoms with E-state index in [1.165, 1.54) is 12.5 Å². The Morgan fingerprint density at radius 2 is 2.09 bits per heavy atom. The lowest BCUT2D eigenvalue weighted by atomic mass is 9.85. The highest BCUT2D eigenvalue weighted by Gasteiger charge is 2.29. The smallest absolute Gasteiger partial charge is 0.295 e. The van der Waals surface area contributed by atoms with Crippen LogP contribution in [0, 0.1) is 17.0 Å². The number of fused-ring (bicyclic) bond motifs is 1. The van der Waals surface area contributed by atoms with Gasteiger partial charge in [0.25, 0.3) is 5.69 Å². The minimum absolute atomic E-state index is 0.00521. The van der Waals surface area contributed by atoms with Gasteiger partial charge in [0, 0.05) is 29.4 Å². The van der Waals surface area contributed by atoms with E-state index in [4.69, 9.17) is 0 Å². The number of para-hydroxylation sites is 1. The molecule has 1 heterocycles. The van der Waals surface area contributed by atoms with E-state index in [-0.39, 0.29) is 5.69 Å². The van der Waals surface area contributed by atoms with Crippen LogP contribution in [0.1, 0.15) is 37.8 Å². The first kappa shape index (κ1) is 15.7. The van der Waals surface area contributed by atoms with Crippen LogP contribution < -0.4 is 5.32 Å². The number of non-ortho nitro benzene ring substituents is 1. The quantitative estimate of drug-likeness (QED) is 0.665. The molecule has 0 aliphatic heterocycles. The van der Waals surface area contributed by atoms with E-state index in [0.717, 1.165) is 31.4 Å². The zero-order valence-corrected chi connectivity index (χ0v) is 13.2. The number of nitro benzene ring substituents is 1. The van der Waals surface area contributed by atoms with E-state index in [2.05, 4.69) is 10.3 Å². The van der Waals surface area contributed by atoms with Gasteiger partial charge in [-0.25, -0.2) is 4.98 Å². The zero-order chi connectivity index (χ0) is 16.4. The summed E-state index contributed by atoms with van der Waals surface area (Å²) in [4.78, 5) is 15.1. The fourth-order valence-electron chi connectivity index (χ4n) is 3.30. The van der Waals surface area contributed by atoms with Crippen LogP contribution in [0.25, 0.3) is 10.9 Å². The van der Waals surface area contributed by atoms with Gasteiger partial charge in [-0.15, -0.1) is 0 Å². The molecule has 1 aromatic heterocycles. The summed E-state index contributed by atoms with van der Waals surface area (Å²) < 4.78 is 0. The molecule has 1 aliphatic carbocycles. The Balaban J connectivity index is 1.94. The van der Waals surface area contributed by atoms with Gasteiger partial charge in [0.1, 0.15) is 0 Å². The third-order valence-corrected chi connectivity index (χ3v) is 4.54. The Bertz CT molecular complexity index is 739.